The van der Waals surface area contributed by atoms with E-state index < -0.39 is 29.7 Å². The number of halogens is 8. The number of nitrogens with zero attached hydrogens (tertiary/aromatic N) is 1. The van der Waals surface area contributed by atoms with Gasteiger partial charge in [-0.1, -0.05) is 99.6 Å². The summed E-state index contributed by atoms with van der Waals surface area (Å²) in [6, 6.07) is 21.7. The fraction of sp³-hybridized carbons (Fsp3) is 0.293. The van der Waals surface area contributed by atoms with Crippen LogP contribution in [-0.4, -0.2) is 23.4 Å². The van der Waals surface area contributed by atoms with Crippen molar-refractivity contribution in [1.82, 2.24) is 10.3 Å². The van der Waals surface area contributed by atoms with Crippen molar-refractivity contribution < 1.29 is 35.8 Å². The smallest absolute Gasteiger partial charge is 0.400 e. The average Bonchev–Trinajstić information content (AvgIpc) is 3.11. The first-order valence-corrected chi connectivity index (χ1v) is 16.5. The molecule has 3 aromatic carbocycles. The van der Waals surface area contributed by atoms with Crippen LogP contribution in [0.5, 0.6) is 0 Å². The van der Waals surface area contributed by atoms with E-state index in [0.717, 1.165) is 30.4 Å². The molecule has 0 aliphatic carbocycles. The van der Waals surface area contributed by atoms with Crippen LogP contribution >= 0.6 is 11.6 Å². The van der Waals surface area contributed by atoms with Crippen LogP contribution in [0.1, 0.15) is 73.0 Å². The predicted octanol–water partition coefficient (Wildman–Crippen LogP) is 12.0. The van der Waals surface area contributed by atoms with Gasteiger partial charge in [-0.15, -0.1) is 12.8 Å². The van der Waals surface area contributed by atoms with Gasteiger partial charge < -0.3 is 10.4 Å². The van der Waals surface area contributed by atoms with E-state index >= 15 is 0 Å². The molecule has 0 amide bonds. The van der Waals surface area contributed by atoms with Crippen LogP contribution in [0.2, 0.25) is 5.02 Å². The van der Waals surface area contributed by atoms with Gasteiger partial charge in [-0.2, -0.15) is 26.3 Å². The second-order valence-corrected chi connectivity index (χ2v) is 11.3. The number of alkyl halides is 6. The second kappa shape index (κ2) is 23.8. The first-order valence-electron chi connectivity index (χ1n) is 16.1. The third-order valence-corrected chi connectivity index (χ3v) is 7.40. The maximum Gasteiger partial charge on any atom is 0.416 e. The van der Waals surface area contributed by atoms with Crippen molar-refractivity contribution in [3.05, 3.63) is 160 Å². The number of aliphatic hydroxyl groups is 1. The number of benzene rings is 3. The van der Waals surface area contributed by atoms with E-state index in [0.29, 0.717) is 40.9 Å². The van der Waals surface area contributed by atoms with Crippen LogP contribution in [0.3, 0.4) is 0 Å². The van der Waals surface area contributed by atoms with Gasteiger partial charge in [-0.05, 0) is 85.2 Å². The summed E-state index contributed by atoms with van der Waals surface area (Å²) < 4.78 is 91.9. The minimum atomic E-state index is -4.56. The van der Waals surface area contributed by atoms with Gasteiger partial charge in [0.25, 0.3) is 0 Å². The van der Waals surface area contributed by atoms with Crippen molar-refractivity contribution >= 4 is 11.6 Å². The number of terminal acetylenes is 1. The summed E-state index contributed by atoms with van der Waals surface area (Å²) in [6.45, 7) is 13.1. The molecule has 0 radical (unpaired) electrons. The third-order valence-electron chi connectivity index (χ3n) is 7.18. The number of aromatic nitrogens is 1. The number of hydrogen-bond acceptors (Lipinski definition) is 3. The van der Waals surface area contributed by atoms with Gasteiger partial charge >= 0.3 is 12.4 Å². The second-order valence-electron chi connectivity index (χ2n) is 10.9. The third kappa shape index (κ3) is 16.6. The van der Waals surface area contributed by atoms with Crippen LogP contribution in [0.25, 0.3) is 0 Å². The van der Waals surface area contributed by atoms with Crippen molar-refractivity contribution in [2.75, 3.05) is 7.11 Å². The lowest BCUT2D eigenvalue weighted by molar-refractivity contribution is -0.142. The van der Waals surface area contributed by atoms with E-state index in [1.807, 2.05) is 51.1 Å². The maximum absolute atomic E-state index is 13.5. The Morgan fingerprint density at radius 2 is 1.48 bits per heavy atom. The van der Waals surface area contributed by atoms with E-state index in [9.17, 15) is 30.7 Å². The molecule has 2 atom stereocenters. The number of hydrogen-bond donors (Lipinski definition) is 2. The van der Waals surface area contributed by atoms with E-state index in [4.69, 9.17) is 16.7 Å². The lowest BCUT2D eigenvalue weighted by Crippen LogP contribution is -2.28. The summed E-state index contributed by atoms with van der Waals surface area (Å²) in [5, 5.41) is 10.3. The predicted molar refractivity (Wildman–Crippen MR) is 198 cm³/mol. The quantitative estimate of drug-likeness (QED) is 0.132. The van der Waals surface area contributed by atoms with Crippen LogP contribution < -0.4 is 5.32 Å². The van der Waals surface area contributed by atoms with Gasteiger partial charge in [-0.3, -0.25) is 4.98 Å². The van der Waals surface area contributed by atoms with Crippen LogP contribution in [-0.2, 0) is 19.0 Å². The molecule has 0 saturated heterocycles. The molecule has 0 saturated carbocycles. The molecular formula is C41H46ClF7N2O. The zero-order valence-electron chi connectivity index (χ0n) is 30.1. The Kier molecular flexibility index (Phi) is 21.7. The Morgan fingerprint density at radius 3 is 2.00 bits per heavy atom. The molecule has 0 aliphatic heterocycles. The Bertz CT molecular complexity index is 1670. The SMILES string of the molecule is C#C.C=C(N/C(C)=C\Cc1ccccc1C)C(c1ccccc1)C(F)(F)F.CC.CC(Cc1ccc(Cl)cn1)c1cc(F)cc(C(F)(F)F)c1.CO. The van der Waals surface area contributed by atoms with Crippen molar-refractivity contribution in [3.8, 4) is 12.8 Å². The molecular weight excluding hydrogens is 705 g/mol. The highest BCUT2D eigenvalue weighted by Gasteiger charge is 2.42. The number of allylic oxidation sites excluding steroid dienone is 3. The van der Waals surface area contributed by atoms with Gasteiger partial charge in [0.1, 0.15) is 11.7 Å². The van der Waals surface area contributed by atoms with Crippen LogP contribution in [0, 0.1) is 25.6 Å². The fourth-order valence-corrected chi connectivity index (χ4v) is 4.84. The average molecular weight is 751 g/mol. The molecule has 282 valence electrons. The highest BCUT2D eigenvalue weighted by atomic mass is 35.5. The normalized spacial score (nSPS) is 12.1. The summed E-state index contributed by atoms with van der Waals surface area (Å²) in [7, 11) is 1.00. The minimum Gasteiger partial charge on any atom is -0.400 e. The van der Waals surface area contributed by atoms with Crippen molar-refractivity contribution in [2.24, 2.45) is 0 Å². The highest BCUT2D eigenvalue weighted by Crippen LogP contribution is 2.39. The molecule has 1 heterocycles. The monoisotopic (exact) mass is 750 g/mol. The Labute approximate surface area is 308 Å². The van der Waals surface area contributed by atoms with Crippen LogP contribution in [0.15, 0.2) is 115 Å². The number of rotatable bonds is 9. The molecule has 2 unspecified atom stereocenters. The van der Waals surface area contributed by atoms with Gasteiger partial charge in [0.05, 0.1) is 10.6 Å². The Balaban J connectivity index is 0.000000884. The van der Waals surface area contributed by atoms with Gasteiger partial charge in [0.2, 0.25) is 0 Å². The van der Waals surface area contributed by atoms with E-state index in [1.165, 1.54) is 18.3 Å². The molecule has 3 nitrogen and oxygen atoms in total. The Morgan fingerprint density at radius 1 is 0.904 bits per heavy atom. The number of nitrogens with one attached hydrogen (secondary N) is 1. The molecule has 2 N–H and O–H groups in total. The molecule has 0 spiro atoms. The summed E-state index contributed by atoms with van der Waals surface area (Å²) in [5.74, 6) is -2.93. The minimum absolute atomic E-state index is 0.0720. The van der Waals surface area contributed by atoms with E-state index in [2.05, 4.69) is 29.7 Å². The van der Waals surface area contributed by atoms with Crippen molar-refractivity contribution in [1.29, 1.82) is 0 Å². The lowest BCUT2D eigenvalue weighted by atomic mass is 9.94. The zero-order chi connectivity index (χ0) is 40.1. The molecule has 0 aliphatic rings. The molecule has 1 aromatic heterocycles. The topological polar surface area (TPSA) is 45.2 Å². The number of aliphatic hydroxyl groups excluding tert-OH is 1. The molecule has 4 aromatic rings. The lowest BCUT2D eigenvalue weighted by Gasteiger charge is -2.24. The van der Waals surface area contributed by atoms with E-state index in [-0.39, 0.29) is 17.2 Å². The van der Waals surface area contributed by atoms with Gasteiger partial charge in [-0.25, -0.2) is 4.39 Å². The summed E-state index contributed by atoms with van der Waals surface area (Å²) in [4.78, 5) is 4.09. The zero-order valence-corrected chi connectivity index (χ0v) is 30.8. The number of aryl methyl sites for hydroxylation is 1. The summed E-state index contributed by atoms with van der Waals surface area (Å²) in [6.07, 6.45) is 3.44. The number of pyridine rings is 1. The van der Waals surface area contributed by atoms with Gasteiger partial charge in [0, 0.05) is 30.4 Å². The standard InChI is InChI=1S/C21H22F3N.C15H12ClF4N.C2H6.C2H2.CH4O/c1-15-9-7-8-10-18(15)14-13-16(2)25-17(3)20(21(22,23)24)19-11-5-4-6-12-19;1-9(4-14-3-2-12(16)8-21-14)10-5-11(15(18,19)20)7-13(17)6-10;3*1-2/h4-13,20,25H,3,14H2,1-2H3;2-3,5-9H,4H2,1H3;1-2H3;1-2H;2H,1H3/b16-13-;;;;. The molecule has 4 rings (SSSR count). The van der Waals surface area contributed by atoms with Crippen LogP contribution in [0.4, 0.5) is 30.7 Å². The highest BCUT2D eigenvalue weighted by molar-refractivity contribution is 6.30. The maximum atomic E-state index is 13.5. The fourth-order valence-electron chi connectivity index (χ4n) is 4.73. The summed E-state index contributed by atoms with van der Waals surface area (Å²) in [5.41, 5.74) is 3.06. The molecule has 11 heteroatoms. The molecule has 0 fully saturated rings. The van der Waals surface area contributed by atoms with Crippen molar-refractivity contribution in [3.63, 3.8) is 0 Å². The molecule has 52 heavy (non-hydrogen) atoms. The van der Waals surface area contributed by atoms with Gasteiger partial charge in [0.15, 0.2) is 0 Å². The van der Waals surface area contributed by atoms with E-state index in [1.54, 1.807) is 44.2 Å². The summed E-state index contributed by atoms with van der Waals surface area (Å²) >= 11 is 5.72. The first kappa shape index (κ1) is 47.4. The Hall–Kier alpha value is -4.59. The van der Waals surface area contributed by atoms with Crippen molar-refractivity contribution in [2.45, 2.75) is 71.6 Å². The largest absolute Gasteiger partial charge is 0.416 e. The first-order chi connectivity index (χ1) is 24.5. The molecule has 0 bridgehead atoms.